The number of hydrogen-bond donors (Lipinski definition) is 0. The quantitative estimate of drug-likeness (QED) is 0.685. The van der Waals surface area contributed by atoms with Gasteiger partial charge in [-0.05, 0) is 32.0 Å². The van der Waals surface area contributed by atoms with E-state index in [-0.39, 0.29) is 5.56 Å². The number of rotatable bonds is 1. The minimum absolute atomic E-state index is 0.0390. The molecule has 0 aliphatic carbocycles. The Kier molecular flexibility index (Phi) is 3.00. The van der Waals surface area contributed by atoms with E-state index in [1.54, 1.807) is 42.6 Å². The molecule has 0 atom stereocenters. The van der Waals surface area contributed by atoms with Gasteiger partial charge >= 0.3 is 0 Å². The van der Waals surface area contributed by atoms with Crippen molar-refractivity contribution in [1.82, 2.24) is 15.2 Å². The predicted octanol–water partition coefficient (Wildman–Crippen LogP) is 3.75. The van der Waals surface area contributed by atoms with Gasteiger partial charge < -0.3 is 0 Å². The summed E-state index contributed by atoms with van der Waals surface area (Å²) < 4.78 is 29.5. The normalized spacial score (nSPS) is 18.1. The lowest BCUT2D eigenvalue weighted by Gasteiger charge is -2.36. The third-order valence-corrected chi connectivity index (χ3v) is 4.28. The van der Waals surface area contributed by atoms with Crippen molar-refractivity contribution in [1.29, 1.82) is 0 Å². The molecule has 4 nitrogen and oxygen atoms in total. The van der Waals surface area contributed by atoms with Gasteiger partial charge in [0.15, 0.2) is 0 Å². The number of nitrogens with zero attached hydrogens (tertiary/aromatic N) is 4. The largest absolute Gasteiger partial charge is 0.297 e. The van der Waals surface area contributed by atoms with E-state index in [9.17, 15) is 8.78 Å². The lowest BCUT2D eigenvalue weighted by atomic mass is 9.82. The summed E-state index contributed by atoms with van der Waals surface area (Å²) in [5.74, 6) is -3.06. The highest BCUT2D eigenvalue weighted by molar-refractivity contribution is 6.14. The molecule has 3 heterocycles. The van der Waals surface area contributed by atoms with E-state index >= 15 is 0 Å². The van der Waals surface area contributed by atoms with Crippen molar-refractivity contribution >= 4 is 16.7 Å². The molecule has 0 radical (unpaired) electrons. The molecule has 0 fully saturated rings. The molecule has 0 N–H and O–H groups in total. The SMILES string of the molecule is CC1(C)N=C(c2cc3ncccc3nn2)c2ccccc2C1(F)F. The van der Waals surface area contributed by atoms with Crippen LogP contribution in [0.4, 0.5) is 8.78 Å². The van der Waals surface area contributed by atoms with Gasteiger partial charge in [0.1, 0.15) is 16.7 Å². The molecule has 24 heavy (non-hydrogen) atoms. The first-order chi connectivity index (χ1) is 11.4. The molecule has 0 amide bonds. The minimum atomic E-state index is -3.06. The Balaban J connectivity index is 1.98. The van der Waals surface area contributed by atoms with Gasteiger partial charge in [0, 0.05) is 17.3 Å². The van der Waals surface area contributed by atoms with Crippen LogP contribution in [0.3, 0.4) is 0 Å². The van der Waals surface area contributed by atoms with Gasteiger partial charge in [-0.1, -0.05) is 24.3 Å². The third kappa shape index (κ3) is 2.02. The molecule has 1 aromatic carbocycles. The van der Waals surface area contributed by atoms with E-state index in [1.807, 2.05) is 0 Å². The zero-order chi connectivity index (χ0) is 16.9. The van der Waals surface area contributed by atoms with Crippen LogP contribution in [-0.2, 0) is 5.92 Å². The highest BCUT2D eigenvalue weighted by Crippen LogP contribution is 2.46. The third-order valence-electron chi connectivity index (χ3n) is 4.28. The maximum atomic E-state index is 14.8. The standard InChI is InChI=1S/C18H14F2N4/c1-17(2)18(19,20)12-7-4-3-6-11(12)16(22-17)15-10-14-13(23-24-15)8-5-9-21-14/h3-10H,1-2H3. The molecule has 1 aliphatic heterocycles. The van der Waals surface area contributed by atoms with Crippen molar-refractivity contribution < 1.29 is 8.78 Å². The number of fused-ring (bicyclic) bond motifs is 2. The Morgan fingerprint density at radius 3 is 2.54 bits per heavy atom. The van der Waals surface area contributed by atoms with Crippen molar-refractivity contribution in [2.75, 3.05) is 0 Å². The van der Waals surface area contributed by atoms with Gasteiger partial charge in [-0.15, -0.1) is 10.2 Å². The first kappa shape index (κ1) is 14.8. The summed E-state index contributed by atoms with van der Waals surface area (Å²) in [4.78, 5) is 8.57. The highest BCUT2D eigenvalue weighted by Gasteiger charge is 2.52. The molecule has 0 spiro atoms. The van der Waals surface area contributed by atoms with Gasteiger partial charge in [0.2, 0.25) is 0 Å². The number of benzene rings is 1. The van der Waals surface area contributed by atoms with Gasteiger partial charge in [0.05, 0.1) is 11.2 Å². The number of alkyl halides is 2. The monoisotopic (exact) mass is 324 g/mol. The predicted molar refractivity (Wildman–Crippen MR) is 87.4 cm³/mol. The average molecular weight is 324 g/mol. The van der Waals surface area contributed by atoms with E-state index in [2.05, 4.69) is 20.2 Å². The van der Waals surface area contributed by atoms with Gasteiger partial charge in [-0.3, -0.25) is 9.98 Å². The van der Waals surface area contributed by atoms with Crippen LogP contribution in [0.5, 0.6) is 0 Å². The van der Waals surface area contributed by atoms with E-state index in [4.69, 9.17) is 0 Å². The number of halogens is 2. The summed E-state index contributed by atoms with van der Waals surface area (Å²) in [7, 11) is 0. The summed E-state index contributed by atoms with van der Waals surface area (Å²) in [6.45, 7) is 2.85. The van der Waals surface area contributed by atoms with Crippen LogP contribution in [0.1, 0.15) is 30.7 Å². The number of aliphatic imine (C=N–C) groups is 1. The lowest BCUT2D eigenvalue weighted by Crippen LogP contribution is -2.44. The Morgan fingerprint density at radius 2 is 1.71 bits per heavy atom. The highest BCUT2D eigenvalue weighted by atomic mass is 19.3. The molecule has 0 bridgehead atoms. The second-order valence-corrected chi connectivity index (χ2v) is 6.28. The first-order valence-corrected chi connectivity index (χ1v) is 7.56. The van der Waals surface area contributed by atoms with E-state index in [1.165, 1.54) is 19.9 Å². The van der Waals surface area contributed by atoms with E-state index < -0.39 is 11.5 Å². The fraction of sp³-hybridized carbons (Fsp3) is 0.222. The van der Waals surface area contributed by atoms with Crippen LogP contribution in [0.15, 0.2) is 53.7 Å². The maximum Gasteiger partial charge on any atom is 0.297 e. The smallest absolute Gasteiger partial charge is 0.270 e. The first-order valence-electron chi connectivity index (χ1n) is 7.56. The van der Waals surface area contributed by atoms with Crippen molar-refractivity contribution in [3.05, 3.63) is 65.5 Å². The Morgan fingerprint density at radius 1 is 0.917 bits per heavy atom. The van der Waals surface area contributed by atoms with Crippen LogP contribution in [0.2, 0.25) is 0 Å². The summed E-state index contributed by atoms with van der Waals surface area (Å²) in [5.41, 5.74) is 0.929. The van der Waals surface area contributed by atoms with Crippen molar-refractivity contribution in [2.24, 2.45) is 4.99 Å². The van der Waals surface area contributed by atoms with Gasteiger partial charge in [-0.2, -0.15) is 8.78 Å². The number of pyridine rings is 1. The summed E-state index contributed by atoms with van der Waals surface area (Å²) in [5, 5.41) is 8.31. The van der Waals surface area contributed by atoms with Crippen LogP contribution >= 0.6 is 0 Å². The van der Waals surface area contributed by atoms with Crippen molar-refractivity contribution in [3.8, 4) is 0 Å². The van der Waals surface area contributed by atoms with E-state index in [0.717, 1.165) is 0 Å². The van der Waals surface area contributed by atoms with E-state index in [0.29, 0.717) is 28.0 Å². The zero-order valence-corrected chi connectivity index (χ0v) is 13.2. The molecule has 6 heteroatoms. The minimum Gasteiger partial charge on any atom is -0.270 e. The topological polar surface area (TPSA) is 51.0 Å². The molecule has 2 aromatic heterocycles. The van der Waals surface area contributed by atoms with Crippen LogP contribution < -0.4 is 0 Å². The number of aromatic nitrogens is 3. The van der Waals surface area contributed by atoms with Crippen molar-refractivity contribution in [2.45, 2.75) is 25.3 Å². The molecular formula is C18H14F2N4. The Labute approximate surface area is 137 Å². The second-order valence-electron chi connectivity index (χ2n) is 6.28. The van der Waals surface area contributed by atoms with Gasteiger partial charge in [0.25, 0.3) is 5.92 Å². The molecule has 120 valence electrons. The lowest BCUT2D eigenvalue weighted by molar-refractivity contribution is -0.0682. The molecule has 0 saturated carbocycles. The summed E-state index contributed by atoms with van der Waals surface area (Å²) in [6, 6.07) is 11.7. The Hall–Kier alpha value is -2.76. The second kappa shape index (κ2) is 4.87. The molecule has 0 saturated heterocycles. The summed E-state index contributed by atoms with van der Waals surface area (Å²) in [6.07, 6.45) is 1.66. The number of hydrogen-bond acceptors (Lipinski definition) is 4. The molecule has 3 aromatic rings. The summed E-state index contributed by atoms with van der Waals surface area (Å²) >= 11 is 0. The van der Waals surface area contributed by atoms with Crippen LogP contribution in [0.25, 0.3) is 11.0 Å². The molecular weight excluding hydrogens is 310 g/mol. The van der Waals surface area contributed by atoms with Crippen LogP contribution in [-0.4, -0.2) is 26.4 Å². The molecule has 4 rings (SSSR count). The molecule has 0 unspecified atom stereocenters. The van der Waals surface area contributed by atoms with Gasteiger partial charge in [-0.25, -0.2) is 0 Å². The Bertz CT molecular complexity index is 979. The average Bonchev–Trinajstić information content (AvgIpc) is 2.58. The van der Waals surface area contributed by atoms with Crippen molar-refractivity contribution in [3.63, 3.8) is 0 Å². The fourth-order valence-electron chi connectivity index (χ4n) is 2.88. The maximum absolute atomic E-state index is 14.8. The fourth-order valence-corrected chi connectivity index (χ4v) is 2.88. The zero-order valence-electron chi connectivity index (χ0n) is 13.2. The molecule has 1 aliphatic rings. The van der Waals surface area contributed by atoms with Crippen LogP contribution in [0, 0.1) is 0 Å².